The van der Waals surface area contributed by atoms with Gasteiger partial charge in [-0.05, 0) is 36.8 Å². The predicted octanol–water partition coefficient (Wildman–Crippen LogP) is 3.10. The first-order valence-electron chi connectivity index (χ1n) is 8.42. The minimum atomic E-state index is 0.731. The zero-order valence-corrected chi connectivity index (χ0v) is 12.6. The van der Waals surface area contributed by atoms with Crippen LogP contribution in [0.15, 0.2) is 30.5 Å². The SMILES string of the molecule is c1ccc2c(C3CCCC(N4CCNCC4)C3)c[nH]c2c1. The molecule has 4 rings (SSSR count). The second kappa shape index (κ2) is 5.82. The van der Waals surface area contributed by atoms with E-state index in [-0.39, 0.29) is 0 Å². The topological polar surface area (TPSA) is 31.1 Å². The van der Waals surface area contributed by atoms with Gasteiger partial charge >= 0.3 is 0 Å². The van der Waals surface area contributed by atoms with Crippen LogP contribution < -0.4 is 5.32 Å². The molecule has 2 heterocycles. The summed E-state index contributed by atoms with van der Waals surface area (Å²) in [6, 6.07) is 9.54. The van der Waals surface area contributed by atoms with Crippen LogP contribution in [0.2, 0.25) is 0 Å². The Morgan fingerprint density at radius 1 is 1.05 bits per heavy atom. The van der Waals surface area contributed by atoms with E-state index in [1.54, 1.807) is 5.56 Å². The number of fused-ring (bicyclic) bond motifs is 1. The number of benzene rings is 1. The second-order valence-corrected chi connectivity index (χ2v) is 6.59. The fourth-order valence-electron chi connectivity index (χ4n) is 4.26. The molecule has 112 valence electrons. The zero-order chi connectivity index (χ0) is 14.1. The summed E-state index contributed by atoms with van der Waals surface area (Å²) in [6.45, 7) is 4.78. The average Bonchev–Trinajstić information content (AvgIpc) is 3.00. The lowest BCUT2D eigenvalue weighted by Gasteiger charge is -2.39. The molecule has 3 nitrogen and oxygen atoms in total. The van der Waals surface area contributed by atoms with Gasteiger partial charge in [0.25, 0.3) is 0 Å². The summed E-state index contributed by atoms with van der Waals surface area (Å²) < 4.78 is 0. The quantitative estimate of drug-likeness (QED) is 0.887. The van der Waals surface area contributed by atoms with Gasteiger partial charge in [0.1, 0.15) is 0 Å². The molecule has 2 unspecified atom stereocenters. The molecule has 2 aliphatic rings. The number of aromatic nitrogens is 1. The highest BCUT2D eigenvalue weighted by atomic mass is 15.2. The first-order chi connectivity index (χ1) is 10.4. The lowest BCUT2D eigenvalue weighted by atomic mass is 9.80. The summed E-state index contributed by atoms with van der Waals surface area (Å²) >= 11 is 0. The smallest absolute Gasteiger partial charge is 0.0456 e. The van der Waals surface area contributed by atoms with Crippen molar-refractivity contribution >= 4 is 10.9 Å². The number of hydrogen-bond acceptors (Lipinski definition) is 2. The van der Waals surface area contributed by atoms with Crippen LogP contribution in [-0.4, -0.2) is 42.1 Å². The highest BCUT2D eigenvalue weighted by Crippen LogP contribution is 2.38. The molecule has 1 aromatic heterocycles. The van der Waals surface area contributed by atoms with Crippen molar-refractivity contribution < 1.29 is 0 Å². The third-order valence-electron chi connectivity index (χ3n) is 5.38. The molecule has 1 aliphatic heterocycles. The van der Waals surface area contributed by atoms with Gasteiger partial charge in [-0.15, -0.1) is 0 Å². The Kier molecular flexibility index (Phi) is 3.70. The van der Waals surface area contributed by atoms with Crippen molar-refractivity contribution in [2.75, 3.05) is 26.2 Å². The van der Waals surface area contributed by atoms with E-state index in [4.69, 9.17) is 0 Å². The van der Waals surface area contributed by atoms with Crippen LogP contribution in [0, 0.1) is 0 Å². The number of piperazine rings is 1. The van der Waals surface area contributed by atoms with E-state index < -0.39 is 0 Å². The molecule has 3 heteroatoms. The van der Waals surface area contributed by atoms with Gasteiger partial charge < -0.3 is 10.3 Å². The minimum absolute atomic E-state index is 0.731. The highest BCUT2D eigenvalue weighted by molar-refractivity contribution is 5.83. The highest BCUT2D eigenvalue weighted by Gasteiger charge is 2.29. The Labute approximate surface area is 126 Å². The summed E-state index contributed by atoms with van der Waals surface area (Å²) in [5.41, 5.74) is 2.84. The first-order valence-corrected chi connectivity index (χ1v) is 8.42. The maximum atomic E-state index is 3.47. The zero-order valence-electron chi connectivity index (χ0n) is 12.6. The van der Waals surface area contributed by atoms with Crippen LogP contribution in [0.5, 0.6) is 0 Å². The normalized spacial score (nSPS) is 28.0. The van der Waals surface area contributed by atoms with Gasteiger partial charge in [-0.3, -0.25) is 4.90 Å². The van der Waals surface area contributed by atoms with Gasteiger partial charge in [0.2, 0.25) is 0 Å². The molecule has 0 radical (unpaired) electrons. The summed E-state index contributed by atoms with van der Waals surface area (Å²) in [4.78, 5) is 6.18. The Balaban J connectivity index is 1.54. The van der Waals surface area contributed by atoms with Gasteiger partial charge in [0.05, 0.1) is 0 Å². The van der Waals surface area contributed by atoms with E-state index >= 15 is 0 Å². The van der Waals surface area contributed by atoms with E-state index in [0.717, 1.165) is 25.0 Å². The van der Waals surface area contributed by atoms with Crippen LogP contribution >= 0.6 is 0 Å². The van der Waals surface area contributed by atoms with E-state index in [1.807, 2.05) is 0 Å². The van der Waals surface area contributed by atoms with Gasteiger partial charge in [-0.1, -0.05) is 24.6 Å². The van der Waals surface area contributed by atoms with Crippen molar-refractivity contribution in [1.29, 1.82) is 0 Å². The Bertz CT molecular complexity index is 597. The van der Waals surface area contributed by atoms with Crippen LogP contribution in [-0.2, 0) is 0 Å². The Morgan fingerprint density at radius 3 is 2.81 bits per heavy atom. The first kappa shape index (κ1) is 13.4. The maximum absolute atomic E-state index is 3.47. The van der Waals surface area contributed by atoms with Crippen molar-refractivity contribution in [2.45, 2.75) is 37.6 Å². The van der Waals surface area contributed by atoms with Crippen LogP contribution in [0.25, 0.3) is 10.9 Å². The molecule has 2 fully saturated rings. The van der Waals surface area contributed by atoms with Gasteiger partial charge in [-0.25, -0.2) is 0 Å². The molecule has 1 saturated carbocycles. The van der Waals surface area contributed by atoms with Crippen LogP contribution in [0.4, 0.5) is 0 Å². The molecular formula is C18H25N3. The number of nitrogens with zero attached hydrogens (tertiary/aromatic N) is 1. The molecule has 2 N–H and O–H groups in total. The van der Waals surface area contributed by atoms with E-state index in [1.165, 1.54) is 49.7 Å². The third-order valence-corrected chi connectivity index (χ3v) is 5.38. The van der Waals surface area contributed by atoms with E-state index in [2.05, 4.69) is 45.7 Å². The molecule has 1 aliphatic carbocycles. The summed E-state index contributed by atoms with van der Waals surface area (Å²) in [6.07, 6.45) is 7.71. The fraction of sp³-hybridized carbons (Fsp3) is 0.556. The fourth-order valence-corrected chi connectivity index (χ4v) is 4.26. The lowest BCUT2D eigenvalue weighted by Crippen LogP contribution is -2.49. The largest absolute Gasteiger partial charge is 0.361 e. The van der Waals surface area contributed by atoms with Crippen LogP contribution in [0.3, 0.4) is 0 Å². The number of para-hydroxylation sites is 1. The summed E-state index contributed by atoms with van der Waals surface area (Å²) in [5.74, 6) is 0.731. The molecule has 1 saturated heterocycles. The molecule has 0 bridgehead atoms. The summed E-state index contributed by atoms with van der Waals surface area (Å²) in [5, 5.41) is 4.90. The molecule has 0 amide bonds. The standard InChI is InChI=1S/C18H25N3/c1-2-7-18-16(6-1)17(13-20-18)14-4-3-5-15(12-14)21-10-8-19-9-11-21/h1-2,6-7,13-15,19-20H,3-5,8-12H2. The Hall–Kier alpha value is -1.32. The minimum Gasteiger partial charge on any atom is -0.361 e. The van der Waals surface area contributed by atoms with Crippen molar-refractivity contribution in [2.24, 2.45) is 0 Å². The van der Waals surface area contributed by atoms with E-state index in [0.29, 0.717) is 0 Å². The van der Waals surface area contributed by atoms with Gasteiger partial charge in [0, 0.05) is 49.3 Å². The third kappa shape index (κ3) is 2.60. The number of nitrogens with one attached hydrogen (secondary N) is 2. The molecular weight excluding hydrogens is 258 g/mol. The number of aromatic amines is 1. The molecule has 0 spiro atoms. The average molecular weight is 283 g/mol. The monoisotopic (exact) mass is 283 g/mol. The number of H-pyrrole nitrogens is 1. The molecule has 1 aromatic carbocycles. The number of hydrogen-bond donors (Lipinski definition) is 2. The van der Waals surface area contributed by atoms with Crippen molar-refractivity contribution in [3.05, 3.63) is 36.0 Å². The number of rotatable bonds is 2. The summed E-state index contributed by atoms with van der Waals surface area (Å²) in [7, 11) is 0. The second-order valence-electron chi connectivity index (χ2n) is 6.59. The van der Waals surface area contributed by atoms with Gasteiger partial charge in [0.15, 0.2) is 0 Å². The maximum Gasteiger partial charge on any atom is 0.0456 e. The lowest BCUT2D eigenvalue weighted by molar-refractivity contribution is 0.131. The predicted molar refractivity (Wildman–Crippen MR) is 87.7 cm³/mol. The van der Waals surface area contributed by atoms with E-state index in [9.17, 15) is 0 Å². The van der Waals surface area contributed by atoms with Crippen LogP contribution in [0.1, 0.15) is 37.2 Å². The Morgan fingerprint density at radius 2 is 1.90 bits per heavy atom. The van der Waals surface area contributed by atoms with Crippen molar-refractivity contribution in [3.8, 4) is 0 Å². The van der Waals surface area contributed by atoms with Crippen molar-refractivity contribution in [1.82, 2.24) is 15.2 Å². The van der Waals surface area contributed by atoms with Crippen molar-refractivity contribution in [3.63, 3.8) is 0 Å². The molecule has 2 atom stereocenters. The van der Waals surface area contributed by atoms with Gasteiger partial charge in [-0.2, -0.15) is 0 Å². The molecule has 21 heavy (non-hydrogen) atoms. The molecule has 2 aromatic rings.